The SMILES string of the molecule is CN1CCOC[C@H]1CNC(=O)c1cc(-c2ccc(Cl)cc2)n(-c2ccc(Cl)cc2)n1. The van der Waals surface area contributed by atoms with Gasteiger partial charge in [0.15, 0.2) is 5.69 Å². The summed E-state index contributed by atoms with van der Waals surface area (Å²) in [7, 11) is 2.03. The average molecular weight is 445 g/mol. The molecule has 1 amide bonds. The first kappa shape index (κ1) is 20.9. The minimum absolute atomic E-state index is 0.150. The van der Waals surface area contributed by atoms with Gasteiger partial charge in [0.25, 0.3) is 5.91 Å². The summed E-state index contributed by atoms with van der Waals surface area (Å²) < 4.78 is 7.25. The Balaban J connectivity index is 1.61. The van der Waals surface area contributed by atoms with Crippen LogP contribution in [0, 0.1) is 0 Å². The van der Waals surface area contributed by atoms with Crippen LogP contribution >= 0.6 is 23.2 Å². The van der Waals surface area contributed by atoms with Crippen LogP contribution in [-0.2, 0) is 4.74 Å². The molecule has 1 saturated heterocycles. The molecule has 6 nitrogen and oxygen atoms in total. The zero-order valence-corrected chi connectivity index (χ0v) is 18.0. The van der Waals surface area contributed by atoms with E-state index in [1.165, 1.54) is 0 Å². The Labute approximate surface area is 185 Å². The van der Waals surface area contributed by atoms with Crippen LogP contribution in [0.4, 0.5) is 0 Å². The minimum atomic E-state index is -0.225. The predicted octanol–water partition coefficient (Wildman–Crippen LogP) is 3.91. The van der Waals surface area contributed by atoms with Gasteiger partial charge in [-0.3, -0.25) is 9.69 Å². The van der Waals surface area contributed by atoms with Gasteiger partial charge in [0.05, 0.1) is 30.6 Å². The first-order chi connectivity index (χ1) is 14.5. The summed E-state index contributed by atoms with van der Waals surface area (Å²) in [5, 5.41) is 8.84. The molecule has 1 N–H and O–H groups in total. The van der Waals surface area contributed by atoms with E-state index in [0.29, 0.717) is 28.9 Å². The van der Waals surface area contributed by atoms with Crippen molar-refractivity contribution in [1.29, 1.82) is 0 Å². The van der Waals surface area contributed by atoms with E-state index in [1.807, 2.05) is 43.4 Å². The lowest BCUT2D eigenvalue weighted by atomic mass is 10.1. The monoisotopic (exact) mass is 444 g/mol. The second-order valence-electron chi connectivity index (χ2n) is 7.23. The number of carbonyl (C=O) groups is 1. The standard InChI is InChI=1S/C22H22Cl2N4O2/c1-27-10-11-30-14-19(27)13-25-22(29)20-12-21(15-2-4-16(23)5-3-15)28(26-20)18-8-6-17(24)7-9-18/h2-9,12,19H,10-11,13-14H2,1H3,(H,25,29)/t19-/m1/s1. The van der Waals surface area contributed by atoms with Crippen LogP contribution < -0.4 is 5.32 Å². The lowest BCUT2D eigenvalue weighted by Crippen LogP contribution is -2.49. The van der Waals surface area contributed by atoms with Gasteiger partial charge in [-0.25, -0.2) is 4.68 Å². The molecule has 0 bridgehead atoms. The molecular weight excluding hydrogens is 423 g/mol. The third-order valence-corrected chi connectivity index (χ3v) is 5.68. The molecule has 0 radical (unpaired) electrons. The Morgan fingerprint density at radius 1 is 1.13 bits per heavy atom. The summed E-state index contributed by atoms with van der Waals surface area (Å²) in [5.41, 5.74) is 2.84. The Morgan fingerprint density at radius 3 is 2.47 bits per heavy atom. The van der Waals surface area contributed by atoms with Crippen LogP contribution in [0.15, 0.2) is 54.6 Å². The number of likely N-dealkylation sites (N-methyl/N-ethyl adjacent to an activating group) is 1. The van der Waals surface area contributed by atoms with Crippen LogP contribution in [-0.4, -0.2) is 60.0 Å². The fourth-order valence-corrected chi connectivity index (χ4v) is 3.60. The second kappa shape index (κ2) is 9.18. The maximum atomic E-state index is 12.8. The number of hydrogen-bond acceptors (Lipinski definition) is 4. The highest BCUT2D eigenvalue weighted by atomic mass is 35.5. The quantitative estimate of drug-likeness (QED) is 0.647. The van der Waals surface area contributed by atoms with Gasteiger partial charge < -0.3 is 10.1 Å². The van der Waals surface area contributed by atoms with Gasteiger partial charge in [0.1, 0.15) is 0 Å². The van der Waals surface area contributed by atoms with E-state index in [4.69, 9.17) is 27.9 Å². The van der Waals surface area contributed by atoms with Crippen LogP contribution in [0.1, 0.15) is 10.5 Å². The molecule has 1 aliphatic rings. The van der Waals surface area contributed by atoms with Gasteiger partial charge in [-0.15, -0.1) is 0 Å². The number of aromatic nitrogens is 2. The minimum Gasteiger partial charge on any atom is -0.378 e. The molecule has 0 aliphatic carbocycles. The molecule has 1 aromatic heterocycles. The van der Waals surface area contributed by atoms with E-state index in [2.05, 4.69) is 15.3 Å². The molecule has 156 valence electrons. The van der Waals surface area contributed by atoms with Gasteiger partial charge in [-0.2, -0.15) is 5.10 Å². The van der Waals surface area contributed by atoms with Gasteiger partial charge in [-0.1, -0.05) is 35.3 Å². The van der Waals surface area contributed by atoms with Crippen molar-refractivity contribution in [2.24, 2.45) is 0 Å². The lowest BCUT2D eigenvalue weighted by molar-refractivity contribution is 0.00666. The largest absolute Gasteiger partial charge is 0.378 e. The Bertz CT molecular complexity index is 956. The van der Waals surface area contributed by atoms with Crippen LogP contribution in [0.2, 0.25) is 10.0 Å². The molecule has 8 heteroatoms. The summed E-state index contributed by atoms with van der Waals surface area (Å²) in [6.07, 6.45) is 0. The number of benzene rings is 2. The van der Waals surface area contributed by atoms with E-state index in [9.17, 15) is 4.79 Å². The van der Waals surface area contributed by atoms with Crippen molar-refractivity contribution >= 4 is 29.1 Å². The zero-order valence-electron chi connectivity index (χ0n) is 16.5. The van der Waals surface area contributed by atoms with Crippen molar-refractivity contribution in [3.63, 3.8) is 0 Å². The molecule has 0 saturated carbocycles. The molecule has 1 fully saturated rings. The zero-order chi connectivity index (χ0) is 21.1. The second-order valence-corrected chi connectivity index (χ2v) is 8.10. The predicted molar refractivity (Wildman–Crippen MR) is 119 cm³/mol. The first-order valence-electron chi connectivity index (χ1n) is 9.69. The fourth-order valence-electron chi connectivity index (χ4n) is 3.35. The highest BCUT2D eigenvalue weighted by Crippen LogP contribution is 2.26. The average Bonchev–Trinajstić information content (AvgIpc) is 3.19. The molecule has 2 aromatic carbocycles. The molecule has 2 heterocycles. The molecule has 30 heavy (non-hydrogen) atoms. The first-order valence-corrected chi connectivity index (χ1v) is 10.4. The van der Waals surface area contributed by atoms with Crippen LogP contribution in [0.5, 0.6) is 0 Å². The van der Waals surface area contributed by atoms with Gasteiger partial charge in [0, 0.05) is 28.7 Å². The fraction of sp³-hybridized carbons (Fsp3) is 0.273. The number of amides is 1. The van der Waals surface area contributed by atoms with Crippen molar-refractivity contribution in [3.8, 4) is 16.9 Å². The number of nitrogens with one attached hydrogen (secondary N) is 1. The van der Waals surface area contributed by atoms with Crippen molar-refractivity contribution in [2.75, 3.05) is 33.4 Å². The van der Waals surface area contributed by atoms with Gasteiger partial charge in [-0.05, 0) is 49.5 Å². The molecule has 1 atom stereocenters. The Morgan fingerprint density at radius 2 is 1.80 bits per heavy atom. The van der Waals surface area contributed by atoms with Crippen molar-refractivity contribution in [2.45, 2.75) is 6.04 Å². The van der Waals surface area contributed by atoms with Crippen LogP contribution in [0.3, 0.4) is 0 Å². The molecular formula is C22H22Cl2N4O2. The molecule has 4 rings (SSSR count). The third kappa shape index (κ3) is 4.68. The number of nitrogens with zero attached hydrogens (tertiary/aromatic N) is 3. The highest BCUT2D eigenvalue weighted by Gasteiger charge is 2.22. The molecule has 0 unspecified atom stereocenters. The maximum Gasteiger partial charge on any atom is 0.271 e. The number of rotatable bonds is 5. The number of halogens is 2. The maximum absolute atomic E-state index is 12.8. The third-order valence-electron chi connectivity index (χ3n) is 5.17. The van der Waals surface area contributed by atoms with E-state index in [1.54, 1.807) is 22.9 Å². The number of carbonyl (C=O) groups excluding carboxylic acids is 1. The Hall–Kier alpha value is -2.38. The van der Waals surface area contributed by atoms with E-state index in [0.717, 1.165) is 30.1 Å². The Kier molecular flexibility index (Phi) is 6.39. The van der Waals surface area contributed by atoms with Crippen molar-refractivity contribution in [1.82, 2.24) is 20.0 Å². The van der Waals surface area contributed by atoms with Crippen molar-refractivity contribution in [3.05, 3.63) is 70.3 Å². The number of hydrogen-bond donors (Lipinski definition) is 1. The van der Waals surface area contributed by atoms with E-state index in [-0.39, 0.29) is 11.9 Å². The molecule has 1 aliphatic heterocycles. The lowest BCUT2D eigenvalue weighted by Gasteiger charge is -2.32. The normalized spacial score (nSPS) is 17.1. The molecule has 0 spiro atoms. The smallest absolute Gasteiger partial charge is 0.271 e. The highest BCUT2D eigenvalue weighted by molar-refractivity contribution is 6.30. The summed E-state index contributed by atoms with van der Waals surface area (Å²) in [6, 6.07) is 16.7. The molecule has 3 aromatic rings. The topological polar surface area (TPSA) is 59.4 Å². The summed E-state index contributed by atoms with van der Waals surface area (Å²) >= 11 is 12.1. The van der Waals surface area contributed by atoms with E-state index >= 15 is 0 Å². The number of ether oxygens (including phenoxy) is 1. The van der Waals surface area contributed by atoms with Gasteiger partial charge >= 0.3 is 0 Å². The van der Waals surface area contributed by atoms with Gasteiger partial charge in [0.2, 0.25) is 0 Å². The van der Waals surface area contributed by atoms with Crippen molar-refractivity contribution < 1.29 is 9.53 Å². The summed E-state index contributed by atoms with van der Waals surface area (Å²) in [4.78, 5) is 15.0. The van der Waals surface area contributed by atoms with Crippen LogP contribution in [0.25, 0.3) is 16.9 Å². The summed E-state index contributed by atoms with van der Waals surface area (Å²) in [5.74, 6) is -0.225. The summed E-state index contributed by atoms with van der Waals surface area (Å²) in [6.45, 7) is 2.68. The van der Waals surface area contributed by atoms with E-state index < -0.39 is 0 Å². The number of morpholine rings is 1.